The number of aromatic hydroxyl groups is 1. The van der Waals surface area contributed by atoms with E-state index in [0.717, 1.165) is 12.1 Å². The molecule has 6 rings (SSSR count). The van der Waals surface area contributed by atoms with E-state index in [1.807, 2.05) is 0 Å². The fourth-order valence-electron chi connectivity index (χ4n) is 4.64. The lowest BCUT2D eigenvalue weighted by molar-refractivity contribution is -0.119. The van der Waals surface area contributed by atoms with Crippen molar-refractivity contribution in [3.63, 3.8) is 0 Å². The molecule has 4 aromatic carbocycles. The summed E-state index contributed by atoms with van der Waals surface area (Å²) in [5, 5.41) is 23.8. The van der Waals surface area contributed by atoms with Crippen LogP contribution in [0.4, 0.5) is 28.9 Å². The number of hydrogen-bond donors (Lipinski definition) is 5. The molecule has 0 aliphatic carbocycles. The molecule has 0 aliphatic heterocycles. The van der Waals surface area contributed by atoms with E-state index in [4.69, 9.17) is 45.9 Å². The number of thiocarbonyl (C=S) groups is 2. The van der Waals surface area contributed by atoms with Crippen molar-refractivity contribution >= 4 is 80.5 Å². The van der Waals surface area contributed by atoms with Crippen LogP contribution in [-0.4, -0.2) is 46.9 Å². The van der Waals surface area contributed by atoms with Gasteiger partial charge in [0.2, 0.25) is 23.0 Å². The van der Waals surface area contributed by atoms with Gasteiger partial charge in [0.15, 0.2) is 39.0 Å². The van der Waals surface area contributed by atoms with Crippen LogP contribution in [0, 0.1) is 23.3 Å². The molecule has 2 aromatic heterocycles. The van der Waals surface area contributed by atoms with Crippen LogP contribution in [0.15, 0.2) is 91.1 Å². The van der Waals surface area contributed by atoms with Gasteiger partial charge < -0.3 is 31.1 Å². The summed E-state index contributed by atoms with van der Waals surface area (Å²) >= 11 is 16.0. The topological polar surface area (TPSA) is 155 Å². The molecule has 0 bridgehead atoms. The van der Waals surface area contributed by atoms with Gasteiger partial charge in [-0.25, -0.2) is 17.6 Å². The number of nitrogens with zero attached hydrogens (tertiary/aromatic N) is 4. The van der Waals surface area contributed by atoms with E-state index in [1.54, 1.807) is 7.05 Å². The van der Waals surface area contributed by atoms with E-state index in [9.17, 15) is 27.2 Å². The molecule has 19 heteroatoms. The first kappa shape index (κ1) is 40.0. The third-order valence-electron chi connectivity index (χ3n) is 7.19. The average molecular weight is 811 g/mol. The monoisotopic (exact) mass is 810 g/mol. The van der Waals surface area contributed by atoms with Crippen LogP contribution in [0.25, 0.3) is 11.0 Å². The van der Waals surface area contributed by atoms with Crippen molar-refractivity contribution in [1.29, 1.82) is 0 Å². The van der Waals surface area contributed by atoms with Gasteiger partial charge in [0.1, 0.15) is 17.0 Å². The number of carbonyl (C=O) groups excluding carboxylic acids is 2. The Hall–Kier alpha value is -6.24. The largest absolute Gasteiger partial charge is 0.505 e. The highest BCUT2D eigenvalue weighted by atomic mass is 35.5. The first-order chi connectivity index (χ1) is 26.2. The molecule has 0 fully saturated rings. The minimum atomic E-state index is -0.801. The molecule has 0 saturated carbocycles. The highest BCUT2D eigenvalue weighted by Crippen LogP contribution is 2.31. The molecule has 0 saturated heterocycles. The fraction of sp³-hybridized carbons (Fsp3) is 0.0833. The summed E-state index contributed by atoms with van der Waals surface area (Å²) < 4.78 is 60.6. The average Bonchev–Trinajstić information content (AvgIpc) is 3.49. The van der Waals surface area contributed by atoms with Crippen molar-refractivity contribution in [2.45, 2.75) is 12.8 Å². The Kier molecular flexibility index (Phi) is 13.2. The lowest BCUT2D eigenvalue weighted by Crippen LogP contribution is -2.35. The molecule has 2 heterocycles. The Balaban J connectivity index is 0.000000229. The number of nitrogens with one attached hydrogen (secondary N) is 4. The summed E-state index contributed by atoms with van der Waals surface area (Å²) in [6.45, 7) is 0. The van der Waals surface area contributed by atoms with E-state index in [1.165, 1.54) is 83.7 Å². The van der Waals surface area contributed by atoms with Crippen molar-refractivity contribution < 1.29 is 37.0 Å². The van der Waals surface area contributed by atoms with Gasteiger partial charge in [0.05, 0.1) is 19.0 Å². The molecule has 0 aliphatic rings. The summed E-state index contributed by atoms with van der Waals surface area (Å²) in [7, 11) is 1.68. The summed E-state index contributed by atoms with van der Waals surface area (Å²) in [6, 6.07) is 18.7. The quantitative estimate of drug-likeness (QED) is 0.0474. The van der Waals surface area contributed by atoms with E-state index >= 15 is 0 Å². The molecule has 12 nitrogen and oxygen atoms in total. The zero-order valence-electron chi connectivity index (χ0n) is 28.2. The number of ether oxygens (including phenoxy) is 1. The van der Waals surface area contributed by atoms with Crippen molar-refractivity contribution in [2.24, 2.45) is 7.05 Å². The van der Waals surface area contributed by atoms with Gasteiger partial charge in [0.25, 0.3) is 0 Å². The minimum Gasteiger partial charge on any atom is -0.505 e. The maximum atomic E-state index is 14.7. The second-order valence-electron chi connectivity index (χ2n) is 11.3. The van der Waals surface area contributed by atoms with Gasteiger partial charge in [-0.3, -0.25) is 14.3 Å². The first-order valence-corrected chi connectivity index (χ1v) is 16.9. The molecule has 0 atom stereocenters. The van der Waals surface area contributed by atoms with Gasteiger partial charge in [0, 0.05) is 30.6 Å². The molecular formula is C36H27ClF4N8O4S2. The fourth-order valence-corrected chi connectivity index (χ4v) is 5.26. The van der Waals surface area contributed by atoms with Gasteiger partial charge in [-0.15, -0.1) is 0 Å². The number of anilines is 2. The Labute approximate surface area is 325 Å². The maximum absolute atomic E-state index is 14.7. The number of benzene rings is 4. The van der Waals surface area contributed by atoms with Crippen LogP contribution >= 0.6 is 36.0 Å². The Morgan fingerprint density at radius 2 is 1.27 bits per heavy atom. The van der Waals surface area contributed by atoms with E-state index < -0.39 is 29.1 Å². The van der Waals surface area contributed by atoms with E-state index in [-0.39, 0.29) is 51.7 Å². The van der Waals surface area contributed by atoms with Crippen molar-refractivity contribution in [3.8, 4) is 17.4 Å². The van der Waals surface area contributed by atoms with Crippen LogP contribution in [0.5, 0.6) is 17.4 Å². The van der Waals surface area contributed by atoms with E-state index in [0.29, 0.717) is 33.5 Å². The first-order valence-electron chi connectivity index (χ1n) is 15.7. The predicted molar refractivity (Wildman–Crippen MR) is 205 cm³/mol. The zero-order valence-corrected chi connectivity index (χ0v) is 30.6. The maximum Gasteiger partial charge on any atom is 0.234 e. The SMILES string of the molecule is Cn1ncc2c(Oc3ccc(NC(=S)NC(=O)Cc4ccc(F)cc4)cc3F)nc(Cl)nc21.O=C(Cc1ccc(F)cc1)NC(=S)Nc1ccc(O)c(F)c1. The molecular weight excluding hydrogens is 784 g/mol. The molecule has 282 valence electrons. The number of aromatic nitrogens is 4. The second-order valence-corrected chi connectivity index (χ2v) is 12.5. The number of phenolic OH excluding ortho intramolecular Hbond substituents is 1. The third-order valence-corrected chi connectivity index (χ3v) is 7.77. The number of halogens is 5. The van der Waals surface area contributed by atoms with Crippen molar-refractivity contribution in [2.75, 3.05) is 10.6 Å². The minimum absolute atomic E-state index is 0.00259. The summed E-state index contributed by atoms with van der Waals surface area (Å²) in [5.41, 5.74) is 2.28. The summed E-state index contributed by atoms with van der Waals surface area (Å²) in [4.78, 5) is 31.9. The smallest absolute Gasteiger partial charge is 0.234 e. The molecule has 6 aromatic rings. The van der Waals surface area contributed by atoms with Crippen LogP contribution in [0.1, 0.15) is 11.1 Å². The number of phenols is 1. The summed E-state index contributed by atoms with van der Waals surface area (Å²) in [6.07, 6.45) is 1.53. The summed E-state index contributed by atoms with van der Waals surface area (Å²) in [5.74, 6) is -3.58. The molecule has 2 amide bonds. The molecule has 0 radical (unpaired) electrons. The van der Waals surface area contributed by atoms with Gasteiger partial charge in [-0.2, -0.15) is 15.1 Å². The molecule has 0 unspecified atom stereocenters. The number of carbonyl (C=O) groups is 2. The molecule has 0 spiro atoms. The van der Waals surface area contributed by atoms with Crippen molar-refractivity contribution in [1.82, 2.24) is 30.4 Å². The van der Waals surface area contributed by atoms with Gasteiger partial charge >= 0.3 is 0 Å². The molecule has 5 N–H and O–H groups in total. The van der Waals surface area contributed by atoms with Crippen molar-refractivity contribution in [3.05, 3.63) is 131 Å². The predicted octanol–water partition coefficient (Wildman–Crippen LogP) is 6.87. The Morgan fingerprint density at radius 1 is 0.764 bits per heavy atom. The van der Waals surface area contributed by atoms with Gasteiger partial charge in [-0.05, 0) is 95.7 Å². The number of rotatable bonds is 8. The highest BCUT2D eigenvalue weighted by Gasteiger charge is 2.16. The third kappa shape index (κ3) is 11.6. The second kappa shape index (κ2) is 18.2. The standard InChI is InChI=1S/C21H15ClF2N6O2S.C15H12F2N2O2S/c1-30-18-14(10-25-30)19(29-20(22)28-18)32-16-7-6-13(9-15(16)24)26-21(33)27-17(31)8-11-2-4-12(23)5-3-11;16-10-3-1-9(2-4-10)7-14(21)19-15(22)18-11-5-6-13(20)12(17)8-11/h2-7,9-10H,8H2,1H3,(H2,26,27,31,33);1-6,8,20H,7H2,(H2,18,19,21,22). The van der Waals surface area contributed by atoms with Crippen LogP contribution in [0.2, 0.25) is 5.28 Å². The number of aryl methyl sites for hydroxylation is 1. The number of hydrogen-bond acceptors (Lipinski definition) is 9. The number of amides is 2. The zero-order chi connectivity index (χ0) is 39.6. The number of fused-ring (bicyclic) bond motifs is 1. The van der Waals surface area contributed by atoms with Gasteiger partial charge in [-0.1, -0.05) is 24.3 Å². The van der Waals surface area contributed by atoms with Crippen LogP contribution in [-0.2, 0) is 29.5 Å². The highest BCUT2D eigenvalue weighted by molar-refractivity contribution is 7.80. The normalized spacial score (nSPS) is 10.5. The Bertz CT molecular complexity index is 2390. The Morgan fingerprint density at radius 3 is 1.78 bits per heavy atom. The van der Waals surface area contributed by atoms with E-state index in [2.05, 4.69) is 36.3 Å². The van der Waals surface area contributed by atoms with Crippen LogP contribution < -0.4 is 26.0 Å². The van der Waals surface area contributed by atoms with Crippen LogP contribution in [0.3, 0.4) is 0 Å². The molecule has 55 heavy (non-hydrogen) atoms. The lowest BCUT2D eigenvalue weighted by atomic mass is 10.1. The lowest BCUT2D eigenvalue weighted by Gasteiger charge is -2.12.